The van der Waals surface area contributed by atoms with Crippen LogP contribution in [0, 0.1) is 5.92 Å². The van der Waals surface area contributed by atoms with Crippen molar-refractivity contribution >= 4 is 23.2 Å². The van der Waals surface area contributed by atoms with Crippen molar-refractivity contribution in [2.75, 3.05) is 6.54 Å². The van der Waals surface area contributed by atoms with E-state index in [0.29, 0.717) is 18.9 Å². The molecule has 1 saturated carbocycles. The molecule has 0 unspecified atom stereocenters. The number of carboxylic acid groups (broad SMARTS) is 1. The summed E-state index contributed by atoms with van der Waals surface area (Å²) < 4.78 is 0. The van der Waals surface area contributed by atoms with Crippen molar-refractivity contribution in [3.63, 3.8) is 0 Å². The van der Waals surface area contributed by atoms with Crippen LogP contribution < -0.4 is 5.32 Å². The van der Waals surface area contributed by atoms with Gasteiger partial charge in [-0.2, -0.15) is 0 Å². The minimum Gasteiger partial charge on any atom is -0.480 e. The Bertz CT molecular complexity index is 532. The number of carboxylic acids is 1. The summed E-state index contributed by atoms with van der Waals surface area (Å²) in [5, 5.41) is 14.3. The Balaban J connectivity index is 1.60. The van der Waals surface area contributed by atoms with Gasteiger partial charge in [-0.15, -0.1) is 11.3 Å². The molecule has 120 valence electrons. The number of likely N-dealkylation sites (tertiary alicyclic amines) is 1. The quantitative estimate of drug-likeness (QED) is 0.871. The van der Waals surface area contributed by atoms with E-state index in [-0.39, 0.29) is 18.5 Å². The normalized spacial score (nSPS) is 28.3. The van der Waals surface area contributed by atoms with E-state index in [4.69, 9.17) is 0 Å². The molecule has 1 aliphatic heterocycles. The molecule has 0 radical (unpaired) electrons. The number of nitrogens with zero attached hydrogens (tertiary/aromatic N) is 1. The van der Waals surface area contributed by atoms with Crippen LogP contribution >= 0.6 is 11.3 Å². The van der Waals surface area contributed by atoms with E-state index in [2.05, 4.69) is 5.32 Å². The maximum atomic E-state index is 12.2. The Kier molecular flexibility index (Phi) is 4.78. The number of carbonyl (C=O) groups is 2. The molecular formula is C16H22N2O3S. The van der Waals surface area contributed by atoms with E-state index in [0.717, 1.165) is 24.1 Å². The van der Waals surface area contributed by atoms with Gasteiger partial charge in [-0.25, -0.2) is 0 Å². The van der Waals surface area contributed by atoms with Crippen molar-refractivity contribution in [3.05, 3.63) is 22.4 Å². The van der Waals surface area contributed by atoms with Crippen LogP contribution in [-0.4, -0.2) is 40.5 Å². The number of carbonyl (C=O) groups excluding carboxylic acids is 1. The SMILES string of the molecule is O=C(CN1[C@H](C(=O)O)C[C@H]2CCCC[C@@H]21)NCc1cccs1. The Labute approximate surface area is 134 Å². The summed E-state index contributed by atoms with van der Waals surface area (Å²) in [4.78, 5) is 26.7. The van der Waals surface area contributed by atoms with E-state index >= 15 is 0 Å². The predicted octanol–water partition coefficient (Wildman–Crippen LogP) is 2.08. The Morgan fingerprint density at radius 1 is 1.36 bits per heavy atom. The van der Waals surface area contributed by atoms with Crippen LogP contribution in [0.15, 0.2) is 17.5 Å². The number of fused-ring (bicyclic) bond motifs is 1. The maximum absolute atomic E-state index is 12.2. The van der Waals surface area contributed by atoms with Crippen molar-refractivity contribution in [1.29, 1.82) is 0 Å². The summed E-state index contributed by atoms with van der Waals surface area (Å²) >= 11 is 1.61. The zero-order chi connectivity index (χ0) is 15.5. The first kappa shape index (κ1) is 15.5. The van der Waals surface area contributed by atoms with Gasteiger partial charge < -0.3 is 10.4 Å². The largest absolute Gasteiger partial charge is 0.480 e. The molecule has 0 bridgehead atoms. The number of amides is 1. The maximum Gasteiger partial charge on any atom is 0.320 e. The van der Waals surface area contributed by atoms with Crippen LogP contribution in [0.3, 0.4) is 0 Å². The third-order valence-corrected chi connectivity index (χ3v) is 5.75. The van der Waals surface area contributed by atoms with Crippen molar-refractivity contribution in [1.82, 2.24) is 10.2 Å². The number of hydrogen-bond donors (Lipinski definition) is 2. The van der Waals surface area contributed by atoms with Crippen molar-refractivity contribution in [3.8, 4) is 0 Å². The highest BCUT2D eigenvalue weighted by atomic mass is 32.1. The van der Waals surface area contributed by atoms with Gasteiger partial charge >= 0.3 is 5.97 Å². The lowest BCUT2D eigenvalue weighted by atomic mass is 9.85. The van der Waals surface area contributed by atoms with Gasteiger partial charge in [0, 0.05) is 10.9 Å². The van der Waals surface area contributed by atoms with Gasteiger partial charge in [0.15, 0.2) is 0 Å². The van der Waals surface area contributed by atoms with E-state index in [1.165, 1.54) is 6.42 Å². The Morgan fingerprint density at radius 3 is 2.91 bits per heavy atom. The second-order valence-corrected chi connectivity index (χ2v) is 7.26. The second-order valence-electron chi connectivity index (χ2n) is 6.23. The predicted molar refractivity (Wildman–Crippen MR) is 84.7 cm³/mol. The van der Waals surface area contributed by atoms with Gasteiger partial charge in [-0.05, 0) is 36.6 Å². The van der Waals surface area contributed by atoms with Crippen molar-refractivity contribution in [2.24, 2.45) is 5.92 Å². The van der Waals surface area contributed by atoms with E-state index in [1.54, 1.807) is 11.3 Å². The van der Waals surface area contributed by atoms with Crippen LogP contribution in [0.25, 0.3) is 0 Å². The fourth-order valence-corrected chi connectivity index (χ4v) is 4.49. The zero-order valence-electron chi connectivity index (χ0n) is 12.5. The van der Waals surface area contributed by atoms with Crippen LogP contribution in [0.2, 0.25) is 0 Å². The molecule has 1 saturated heterocycles. The number of hydrogen-bond acceptors (Lipinski definition) is 4. The smallest absolute Gasteiger partial charge is 0.320 e. The lowest BCUT2D eigenvalue weighted by molar-refractivity contribution is -0.143. The van der Waals surface area contributed by atoms with Gasteiger partial charge in [-0.1, -0.05) is 18.9 Å². The van der Waals surface area contributed by atoms with E-state index < -0.39 is 12.0 Å². The first-order valence-corrected chi connectivity index (χ1v) is 8.80. The molecular weight excluding hydrogens is 300 g/mol. The molecule has 1 amide bonds. The highest BCUT2D eigenvalue weighted by molar-refractivity contribution is 7.09. The fraction of sp³-hybridized carbons (Fsp3) is 0.625. The zero-order valence-corrected chi connectivity index (χ0v) is 13.3. The summed E-state index contributed by atoms with van der Waals surface area (Å²) in [6.07, 6.45) is 5.14. The lowest BCUT2D eigenvalue weighted by Crippen LogP contribution is -2.47. The molecule has 2 aliphatic rings. The van der Waals surface area contributed by atoms with Crippen LogP contribution in [-0.2, 0) is 16.1 Å². The van der Waals surface area contributed by atoms with Crippen LogP contribution in [0.4, 0.5) is 0 Å². The molecule has 2 heterocycles. The standard InChI is InChI=1S/C16H22N2O3S/c19-15(17-9-12-5-3-7-22-12)10-18-13-6-2-1-4-11(13)8-14(18)16(20)21/h3,5,7,11,13-14H,1-2,4,6,8-10H2,(H,17,19)(H,20,21)/t11-,13+,14+/m1/s1. The summed E-state index contributed by atoms with van der Waals surface area (Å²) in [5.41, 5.74) is 0. The lowest BCUT2D eigenvalue weighted by Gasteiger charge is -2.32. The monoisotopic (exact) mass is 322 g/mol. The fourth-order valence-electron chi connectivity index (χ4n) is 3.84. The van der Waals surface area contributed by atoms with Crippen molar-refractivity contribution in [2.45, 2.75) is 50.7 Å². The number of nitrogens with one attached hydrogen (secondary N) is 1. The number of rotatable bonds is 5. The van der Waals surface area contributed by atoms with E-state index in [1.807, 2.05) is 22.4 Å². The summed E-state index contributed by atoms with van der Waals surface area (Å²) in [6, 6.07) is 3.71. The van der Waals surface area contributed by atoms with Gasteiger partial charge in [0.05, 0.1) is 13.1 Å². The Hall–Kier alpha value is -1.40. The molecule has 1 aromatic rings. The van der Waals surface area contributed by atoms with Gasteiger partial charge in [-0.3, -0.25) is 14.5 Å². The minimum absolute atomic E-state index is 0.0779. The summed E-state index contributed by atoms with van der Waals surface area (Å²) in [5.74, 6) is -0.425. The van der Waals surface area contributed by atoms with Gasteiger partial charge in [0.1, 0.15) is 6.04 Å². The molecule has 0 aromatic carbocycles. The highest BCUT2D eigenvalue weighted by Crippen LogP contribution is 2.39. The first-order valence-electron chi connectivity index (χ1n) is 7.93. The molecule has 2 N–H and O–H groups in total. The summed E-state index contributed by atoms with van der Waals surface area (Å²) in [7, 11) is 0. The third kappa shape index (κ3) is 3.33. The molecule has 22 heavy (non-hydrogen) atoms. The topological polar surface area (TPSA) is 69.6 Å². The molecule has 3 atom stereocenters. The van der Waals surface area contributed by atoms with Crippen molar-refractivity contribution < 1.29 is 14.7 Å². The van der Waals surface area contributed by atoms with E-state index in [9.17, 15) is 14.7 Å². The molecule has 3 rings (SSSR count). The van der Waals surface area contributed by atoms with Crippen LogP contribution in [0.1, 0.15) is 37.0 Å². The second kappa shape index (κ2) is 6.79. The molecule has 2 fully saturated rings. The molecule has 1 aliphatic carbocycles. The average molecular weight is 322 g/mol. The first-order chi connectivity index (χ1) is 10.6. The average Bonchev–Trinajstić information content (AvgIpc) is 3.13. The molecule has 5 nitrogen and oxygen atoms in total. The minimum atomic E-state index is -0.791. The molecule has 1 aromatic heterocycles. The molecule has 6 heteroatoms. The summed E-state index contributed by atoms with van der Waals surface area (Å²) in [6.45, 7) is 0.722. The Morgan fingerprint density at radius 2 is 2.18 bits per heavy atom. The number of thiophene rings is 1. The highest BCUT2D eigenvalue weighted by Gasteiger charge is 2.45. The van der Waals surface area contributed by atoms with Gasteiger partial charge in [0.25, 0.3) is 0 Å². The number of aliphatic carboxylic acids is 1. The van der Waals surface area contributed by atoms with Crippen LogP contribution in [0.5, 0.6) is 0 Å². The van der Waals surface area contributed by atoms with Gasteiger partial charge in [0.2, 0.25) is 5.91 Å². The molecule has 0 spiro atoms. The third-order valence-electron chi connectivity index (χ3n) is 4.87.